The summed E-state index contributed by atoms with van der Waals surface area (Å²) in [4.78, 5) is 8.44. The minimum Gasteiger partial charge on any atom is -0.372 e. The van der Waals surface area contributed by atoms with Crippen molar-refractivity contribution in [3.63, 3.8) is 0 Å². The Labute approximate surface area is 209 Å². The van der Waals surface area contributed by atoms with E-state index in [0.717, 1.165) is 24.6 Å². The predicted octanol–water partition coefficient (Wildman–Crippen LogP) is 7.65. The van der Waals surface area contributed by atoms with Crippen LogP contribution in [0.15, 0.2) is 88.8 Å². The Morgan fingerprint density at radius 3 is 2.36 bits per heavy atom. The molecule has 0 N–H and O–H groups in total. The smallest absolute Gasteiger partial charge is 0.0668 e. The first-order valence-electron chi connectivity index (χ1n) is 11.3. The molecule has 0 aliphatic carbocycles. The number of thioether (sulfide) groups is 1. The van der Waals surface area contributed by atoms with E-state index < -0.39 is 0 Å². The van der Waals surface area contributed by atoms with Crippen molar-refractivity contribution in [1.29, 1.82) is 0 Å². The highest BCUT2D eigenvalue weighted by atomic mass is 35.5. The second-order valence-corrected chi connectivity index (χ2v) is 10.3. The van der Waals surface area contributed by atoms with Crippen LogP contribution in [-0.4, -0.2) is 25.8 Å². The Morgan fingerprint density at radius 2 is 1.61 bits per heavy atom. The maximum atomic E-state index is 4.86. The van der Waals surface area contributed by atoms with Gasteiger partial charge in [-0.25, -0.2) is 0 Å². The number of halogens is 1. The summed E-state index contributed by atoms with van der Waals surface area (Å²) in [7, 11) is 2.14. The second-order valence-electron chi connectivity index (χ2n) is 9.31. The number of anilines is 1. The zero-order chi connectivity index (χ0) is 22.6. The van der Waals surface area contributed by atoms with E-state index in [2.05, 4.69) is 118 Å². The van der Waals surface area contributed by atoms with Gasteiger partial charge in [-0.2, -0.15) is 0 Å². The molecule has 0 amide bonds. The molecule has 33 heavy (non-hydrogen) atoms. The third kappa shape index (κ3) is 6.31. The zero-order valence-corrected chi connectivity index (χ0v) is 21.5. The van der Waals surface area contributed by atoms with Gasteiger partial charge in [0.05, 0.1) is 12.3 Å². The monoisotopic (exact) mass is 476 g/mol. The molecule has 0 bridgehead atoms. The highest BCUT2D eigenvalue weighted by Crippen LogP contribution is 2.29. The number of aliphatic imine (C=N–C) groups is 1. The van der Waals surface area contributed by atoms with Gasteiger partial charge in [0.2, 0.25) is 0 Å². The van der Waals surface area contributed by atoms with Crippen molar-refractivity contribution in [2.75, 3.05) is 25.0 Å². The first-order chi connectivity index (χ1) is 15.4. The Kier molecular flexibility index (Phi) is 8.45. The number of likely N-dealkylation sites (N-methyl/N-ethyl adjacent to an activating group) is 1. The van der Waals surface area contributed by atoms with Crippen LogP contribution >= 0.6 is 24.2 Å². The average molecular weight is 477 g/mol. The maximum Gasteiger partial charge on any atom is 0.0668 e. The molecule has 0 aromatic heterocycles. The van der Waals surface area contributed by atoms with Crippen LogP contribution in [0.5, 0.6) is 0 Å². The van der Waals surface area contributed by atoms with Crippen LogP contribution in [0.25, 0.3) is 6.08 Å². The predicted molar refractivity (Wildman–Crippen MR) is 149 cm³/mol. The quantitative estimate of drug-likeness (QED) is 0.351. The minimum absolute atomic E-state index is 0. The van der Waals surface area contributed by atoms with Crippen molar-refractivity contribution in [2.24, 2.45) is 4.99 Å². The van der Waals surface area contributed by atoms with Crippen molar-refractivity contribution < 1.29 is 0 Å². The lowest BCUT2D eigenvalue weighted by atomic mass is 9.87. The third-order valence-electron chi connectivity index (χ3n) is 5.86. The fourth-order valence-electron chi connectivity index (χ4n) is 3.87. The van der Waals surface area contributed by atoms with E-state index in [0.29, 0.717) is 0 Å². The summed E-state index contributed by atoms with van der Waals surface area (Å²) >= 11 is 1.89. The normalized spacial score (nSPS) is 13.8. The number of hydrogen-bond donors (Lipinski definition) is 0. The molecule has 3 aromatic carbocycles. The van der Waals surface area contributed by atoms with E-state index in [1.165, 1.54) is 32.8 Å². The molecular formula is C29H33ClN2S. The molecule has 1 heterocycles. The fraction of sp³-hybridized carbons (Fsp3) is 0.276. The molecule has 0 atom stereocenters. The lowest BCUT2D eigenvalue weighted by Crippen LogP contribution is -2.20. The van der Waals surface area contributed by atoms with Gasteiger partial charge in [-0.15, -0.1) is 24.2 Å². The molecule has 0 unspecified atom stereocenters. The zero-order valence-electron chi connectivity index (χ0n) is 19.9. The molecule has 4 rings (SSSR count). The Bertz CT molecular complexity index is 1130. The largest absolute Gasteiger partial charge is 0.372 e. The third-order valence-corrected chi connectivity index (χ3v) is 7.02. The van der Waals surface area contributed by atoms with Crippen molar-refractivity contribution in [2.45, 2.75) is 36.8 Å². The molecule has 1 aliphatic heterocycles. The molecule has 4 heteroatoms. The lowest BCUT2D eigenvalue weighted by Gasteiger charge is -2.19. The Balaban J connectivity index is 0.00000306. The average Bonchev–Trinajstić information content (AvgIpc) is 2.95. The van der Waals surface area contributed by atoms with Gasteiger partial charge in [-0.05, 0) is 40.3 Å². The molecular weight excluding hydrogens is 444 g/mol. The first-order valence-corrected chi connectivity index (χ1v) is 12.2. The summed E-state index contributed by atoms with van der Waals surface area (Å²) < 4.78 is 0. The standard InChI is InChI=1S/C29H32N2S.ClH/c1-29(2,3)24-16-13-22(14-17-24)21-32-28-12-8-5-9-23(28)15-18-26-25-10-6-7-11-27(25)31(4)20-19-30-26;/h5-18H,19-21H2,1-4H3;1H/b18-15+;. The van der Waals surface area contributed by atoms with Gasteiger partial charge >= 0.3 is 0 Å². The van der Waals surface area contributed by atoms with Crippen LogP contribution in [0.2, 0.25) is 0 Å². The van der Waals surface area contributed by atoms with Gasteiger partial charge in [-0.1, -0.05) is 87.5 Å². The summed E-state index contributed by atoms with van der Waals surface area (Å²) in [5, 5.41) is 0. The van der Waals surface area contributed by atoms with Crippen LogP contribution in [0.1, 0.15) is 43.0 Å². The molecule has 0 saturated heterocycles. The van der Waals surface area contributed by atoms with Crippen molar-refractivity contribution in [3.8, 4) is 0 Å². The topological polar surface area (TPSA) is 15.6 Å². The number of nitrogens with zero attached hydrogens (tertiary/aromatic N) is 2. The fourth-order valence-corrected chi connectivity index (χ4v) is 4.86. The van der Waals surface area contributed by atoms with Gasteiger partial charge in [0.15, 0.2) is 0 Å². The summed E-state index contributed by atoms with van der Waals surface area (Å²) in [6.45, 7) is 8.53. The van der Waals surface area contributed by atoms with Crippen LogP contribution in [-0.2, 0) is 11.2 Å². The maximum absolute atomic E-state index is 4.86. The molecule has 0 saturated carbocycles. The number of benzene rings is 3. The Hall–Kier alpha value is -2.49. The number of para-hydroxylation sites is 1. The van der Waals surface area contributed by atoms with Crippen molar-refractivity contribution in [3.05, 3.63) is 101 Å². The summed E-state index contributed by atoms with van der Waals surface area (Å²) in [5.41, 5.74) is 7.67. The number of hydrogen-bond acceptors (Lipinski definition) is 3. The van der Waals surface area contributed by atoms with Gasteiger partial charge in [0, 0.05) is 35.5 Å². The highest BCUT2D eigenvalue weighted by molar-refractivity contribution is 7.98. The van der Waals surface area contributed by atoms with E-state index in [-0.39, 0.29) is 17.8 Å². The molecule has 3 aromatic rings. The summed E-state index contributed by atoms with van der Waals surface area (Å²) in [6.07, 6.45) is 4.39. The number of allylic oxidation sites excluding steroid dienone is 1. The minimum atomic E-state index is 0. The van der Waals surface area contributed by atoms with Gasteiger partial charge in [-0.3, -0.25) is 4.99 Å². The van der Waals surface area contributed by atoms with Crippen LogP contribution in [0.4, 0.5) is 5.69 Å². The molecule has 2 nitrogen and oxygen atoms in total. The SMILES string of the molecule is CN1CCN=C(/C=C/c2ccccc2SCc2ccc(C(C)(C)C)cc2)c2ccccc21.Cl. The van der Waals surface area contributed by atoms with E-state index >= 15 is 0 Å². The second kappa shape index (κ2) is 11.1. The molecule has 1 aliphatic rings. The lowest BCUT2D eigenvalue weighted by molar-refractivity contribution is 0.590. The van der Waals surface area contributed by atoms with E-state index in [9.17, 15) is 0 Å². The van der Waals surface area contributed by atoms with E-state index in [1.807, 2.05) is 11.8 Å². The molecule has 172 valence electrons. The van der Waals surface area contributed by atoms with Crippen molar-refractivity contribution >= 4 is 41.6 Å². The number of rotatable bonds is 5. The van der Waals surface area contributed by atoms with Gasteiger partial charge < -0.3 is 4.90 Å². The van der Waals surface area contributed by atoms with Crippen LogP contribution < -0.4 is 4.90 Å². The van der Waals surface area contributed by atoms with Crippen LogP contribution in [0, 0.1) is 0 Å². The Morgan fingerprint density at radius 1 is 0.909 bits per heavy atom. The highest BCUT2D eigenvalue weighted by Gasteiger charge is 2.14. The first kappa shape index (κ1) is 25.1. The molecule has 0 spiro atoms. The van der Waals surface area contributed by atoms with Gasteiger partial charge in [0.1, 0.15) is 0 Å². The molecule has 0 fully saturated rings. The number of benzodiazepines with no additional fused rings is 1. The molecule has 0 radical (unpaired) electrons. The van der Waals surface area contributed by atoms with E-state index in [1.54, 1.807) is 0 Å². The summed E-state index contributed by atoms with van der Waals surface area (Å²) in [5.74, 6) is 0.962. The van der Waals surface area contributed by atoms with E-state index in [4.69, 9.17) is 4.99 Å². The van der Waals surface area contributed by atoms with Gasteiger partial charge in [0.25, 0.3) is 0 Å². The van der Waals surface area contributed by atoms with Crippen molar-refractivity contribution in [1.82, 2.24) is 0 Å². The van der Waals surface area contributed by atoms with Crippen LogP contribution in [0.3, 0.4) is 0 Å². The number of fused-ring (bicyclic) bond motifs is 1. The summed E-state index contributed by atoms with van der Waals surface area (Å²) in [6, 6.07) is 26.2.